The summed E-state index contributed by atoms with van der Waals surface area (Å²) in [6.07, 6.45) is -3.53. The molecule has 168 valence electrons. The molecule has 4 nitrogen and oxygen atoms in total. The Hall–Kier alpha value is -1.54. The van der Waals surface area contributed by atoms with E-state index in [4.69, 9.17) is 4.43 Å². The van der Waals surface area contributed by atoms with E-state index in [1.165, 1.54) is 4.90 Å². The molecule has 0 saturated carbocycles. The summed E-state index contributed by atoms with van der Waals surface area (Å²) >= 11 is 0. The Balaban J connectivity index is 2.06. The molecular formula is C22H33F3N2O2Si. The van der Waals surface area contributed by atoms with Crippen LogP contribution in [0.4, 0.5) is 18.0 Å². The van der Waals surface area contributed by atoms with Crippen LogP contribution in [0, 0.1) is 0 Å². The number of rotatable bonds is 4. The lowest BCUT2D eigenvalue weighted by atomic mass is 9.78. The predicted molar refractivity (Wildman–Crippen MR) is 114 cm³/mol. The zero-order valence-electron chi connectivity index (χ0n) is 18.9. The van der Waals surface area contributed by atoms with Gasteiger partial charge in [-0.2, -0.15) is 13.2 Å². The summed E-state index contributed by atoms with van der Waals surface area (Å²) in [4.78, 5) is 14.3. The second-order valence-electron chi connectivity index (χ2n) is 10.7. The van der Waals surface area contributed by atoms with Crippen LogP contribution in [-0.4, -0.2) is 49.2 Å². The highest BCUT2D eigenvalue weighted by Gasteiger charge is 2.61. The largest absolute Gasteiger partial charge is 0.410 e. The molecule has 0 bridgehead atoms. The third-order valence-corrected chi connectivity index (χ3v) is 12.0. The van der Waals surface area contributed by atoms with Gasteiger partial charge in [0.2, 0.25) is 0 Å². The van der Waals surface area contributed by atoms with Crippen LogP contribution in [0.15, 0.2) is 24.3 Å². The van der Waals surface area contributed by atoms with Gasteiger partial charge in [0.25, 0.3) is 0 Å². The van der Waals surface area contributed by atoms with Crippen LogP contribution < -0.4 is 5.32 Å². The fourth-order valence-electron chi connectivity index (χ4n) is 4.52. The van der Waals surface area contributed by atoms with E-state index in [0.29, 0.717) is 12.8 Å². The van der Waals surface area contributed by atoms with Crippen molar-refractivity contribution in [2.75, 3.05) is 6.54 Å². The number of fused-ring (bicyclic) bond motifs is 1. The molecule has 3 rings (SSSR count). The van der Waals surface area contributed by atoms with Crippen LogP contribution in [0.3, 0.4) is 0 Å². The molecule has 2 amide bonds. The van der Waals surface area contributed by atoms with Crippen LogP contribution in [0.2, 0.25) is 18.1 Å². The van der Waals surface area contributed by atoms with E-state index < -0.39 is 44.3 Å². The number of amides is 2. The summed E-state index contributed by atoms with van der Waals surface area (Å²) in [5.74, 6) is 0. The lowest BCUT2D eigenvalue weighted by Gasteiger charge is -2.54. The SMILES string of the molecule is CC(C)(O[Si](C)(C)C(C)(C)C)C1(N2CC(C(F)(F)F)NC2=O)Cc2ccccc2C1. The summed E-state index contributed by atoms with van der Waals surface area (Å²) in [6.45, 7) is 14.1. The number of nitrogens with one attached hydrogen (secondary N) is 1. The first-order chi connectivity index (χ1) is 13.5. The van der Waals surface area contributed by atoms with Crippen LogP contribution in [0.1, 0.15) is 45.7 Å². The Kier molecular flexibility index (Phi) is 5.38. The first-order valence-electron chi connectivity index (χ1n) is 10.4. The number of benzene rings is 1. The molecule has 1 unspecified atom stereocenters. The van der Waals surface area contributed by atoms with Crippen LogP contribution in [-0.2, 0) is 17.3 Å². The molecule has 1 heterocycles. The summed E-state index contributed by atoms with van der Waals surface area (Å²) in [7, 11) is -2.27. The van der Waals surface area contributed by atoms with E-state index in [1.807, 2.05) is 38.1 Å². The maximum atomic E-state index is 13.4. The molecule has 1 aromatic carbocycles. The molecule has 0 radical (unpaired) electrons. The van der Waals surface area contributed by atoms with Crippen LogP contribution in [0.25, 0.3) is 0 Å². The fourth-order valence-corrected chi connectivity index (χ4v) is 6.29. The molecule has 1 aromatic rings. The molecule has 0 aromatic heterocycles. The van der Waals surface area contributed by atoms with Gasteiger partial charge in [-0.05, 0) is 55.9 Å². The highest BCUT2D eigenvalue weighted by atomic mass is 28.4. The number of hydrogen-bond donors (Lipinski definition) is 1. The smallest absolute Gasteiger partial charge is 0.409 e. The first kappa shape index (κ1) is 23.1. The van der Waals surface area contributed by atoms with Crippen molar-refractivity contribution < 1.29 is 22.4 Å². The third kappa shape index (κ3) is 3.77. The van der Waals surface area contributed by atoms with Crippen molar-refractivity contribution >= 4 is 14.3 Å². The van der Waals surface area contributed by atoms with Gasteiger partial charge in [0.05, 0.1) is 17.7 Å². The maximum absolute atomic E-state index is 13.4. The third-order valence-electron chi connectivity index (χ3n) is 7.34. The van der Waals surface area contributed by atoms with Crippen molar-refractivity contribution in [1.82, 2.24) is 10.2 Å². The Labute approximate surface area is 178 Å². The van der Waals surface area contributed by atoms with Crippen molar-refractivity contribution in [2.45, 2.75) is 89.0 Å². The van der Waals surface area contributed by atoms with Crippen LogP contribution >= 0.6 is 0 Å². The van der Waals surface area contributed by atoms with E-state index in [2.05, 4.69) is 39.2 Å². The zero-order valence-corrected chi connectivity index (χ0v) is 19.9. The number of urea groups is 1. The van der Waals surface area contributed by atoms with Gasteiger partial charge in [-0.3, -0.25) is 0 Å². The highest BCUT2D eigenvalue weighted by molar-refractivity contribution is 6.74. The minimum Gasteiger partial charge on any atom is -0.409 e. The summed E-state index contributed by atoms with van der Waals surface area (Å²) in [5, 5.41) is 2.08. The molecule has 8 heteroatoms. The average molecular weight is 443 g/mol. The van der Waals surface area contributed by atoms with Crippen LogP contribution in [0.5, 0.6) is 0 Å². The highest BCUT2D eigenvalue weighted by Crippen LogP contribution is 2.49. The van der Waals surface area contributed by atoms with E-state index in [1.54, 1.807) is 0 Å². The van der Waals surface area contributed by atoms with Gasteiger partial charge >= 0.3 is 12.2 Å². The van der Waals surface area contributed by atoms with Gasteiger partial charge < -0.3 is 14.6 Å². The lowest BCUT2D eigenvalue weighted by Crippen LogP contribution is -2.67. The van der Waals surface area contributed by atoms with Gasteiger partial charge in [0, 0.05) is 0 Å². The Bertz CT molecular complexity index is 805. The van der Waals surface area contributed by atoms with Crippen molar-refractivity contribution in [3.05, 3.63) is 35.4 Å². The molecule has 1 aliphatic heterocycles. The molecular weight excluding hydrogens is 409 g/mol. The van der Waals surface area contributed by atoms with Gasteiger partial charge in [0.1, 0.15) is 6.04 Å². The minimum absolute atomic E-state index is 0.0707. The maximum Gasteiger partial charge on any atom is 0.410 e. The number of carbonyl (C=O) groups is 1. The summed E-state index contributed by atoms with van der Waals surface area (Å²) < 4.78 is 47.1. The molecule has 0 spiro atoms. The zero-order chi connectivity index (χ0) is 22.8. The fraction of sp³-hybridized carbons (Fsp3) is 0.682. The molecule has 30 heavy (non-hydrogen) atoms. The number of carbonyl (C=O) groups excluding carboxylic acids is 1. The molecule has 1 N–H and O–H groups in total. The normalized spacial score (nSPS) is 22.3. The molecule has 1 atom stereocenters. The predicted octanol–water partition coefficient (Wildman–Crippen LogP) is 5.28. The van der Waals surface area contributed by atoms with E-state index in [9.17, 15) is 18.0 Å². The van der Waals surface area contributed by atoms with Crippen molar-refractivity contribution in [3.8, 4) is 0 Å². The van der Waals surface area contributed by atoms with Crippen molar-refractivity contribution in [1.29, 1.82) is 0 Å². The van der Waals surface area contributed by atoms with E-state index in [-0.39, 0.29) is 5.04 Å². The Morgan fingerprint density at radius 1 is 1.07 bits per heavy atom. The standard InChI is InChI=1S/C22H33F3N2O2Si/c1-19(2,3)30(6,7)29-20(4,5)21(12-15-10-8-9-11-16(15)13-21)27-14-17(22(23,24)25)26-18(27)28/h8-11,17H,12-14H2,1-7H3,(H,26,28). The quantitative estimate of drug-likeness (QED) is 0.645. The van der Waals surface area contributed by atoms with Crippen molar-refractivity contribution in [2.24, 2.45) is 0 Å². The molecule has 1 saturated heterocycles. The molecule has 2 aliphatic rings. The number of hydrogen-bond acceptors (Lipinski definition) is 2. The van der Waals surface area contributed by atoms with Gasteiger partial charge in [0.15, 0.2) is 8.32 Å². The first-order valence-corrected chi connectivity index (χ1v) is 13.3. The van der Waals surface area contributed by atoms with Gasteiger partial charge in [-0.25, -0.2) is 4.79 Å². The average Bonchev–Trinajstić information content (AvgIpc) is 3.14. The Morgan fingerprint density at radius 3 is 1.97 bits per heavy atom. The second-order valence-corrected chi connectivity index (χ2v) is 15.4. The number of alkyl halides is 3. The lowest BCUT2D eigenvalue weighted by molar-refractivity contribution is -0.153. The molecule has 1 aliphatic carbocycles. The summed E-state index contributed by atoms with van der Waals surface area (Å²) in [5.41, 5.74) is 0.392. The monoisotopic (exact) mass is 442 g/mol. The second kappa shape index (κ2) is 6.98. The summed E-state index contributed by atoms with van der Waals surface area (Å²) in [6, 6.07) is 5.31. The van der Waals surface area contributed by atoms with E-state index in [0.717, 1.165) is 11.1 Å². The topological polar surface area (TPSA) is 41.6 Å². The minimum atomic E-state index is -4.48. The van der Waals surface area contributed by atoms with Crippen molar-refractivity contribution in [3.63, 3.8) is 0 Å². The molecule has 1 fully saturated rings. The van der Waals surface area contributed by atoms with Gasteiger partial charge in [-0.15, -0.1) is 0 Å². The number of nitrogens with zero attached hydrogens (tertiary/aromatic N) is 1. The Morgan fingerprint density at radius 2 is 1.57 bits per heavy atom. The number of halogens is 3. The van der Waals surface area contributed by atoms with E-state index >= 15 is 0 Å². The van der Waals surface area contributed by atoms with Gasteiger partial charge in [-0.1, -0.05) is 45.0 Å².